The number of halogens is 2. The molecule has 3 aromatic heterocycles. The van der Waals surface area contributed by atoms with Crippen LogP contribution in [-0.2, 0) is 17.8 Å². The first-order valence-corrected chi connectivity index (χ1v) is 9.31. The van der Waals surface area contributed by atoms with Crippen LogP contribution in [0.25, 0.3) is 20.4 Å². The number of benzene rings is 1. The Hall–Kier alpha value is -3.20. The third-order valence-corrected chi connectivity index (χ3v) is 5.34. The minimum absolute atomic E-state index is 0.281. The van der Waals surface area contributed by atoms with Crippen molar-refractivity contribution < 1.29 is 13.6 Å². The van der Waals surface area contributed by atoms with E-state index in [1.54, 1.807) is 12.3 Å². The maximum atomic E-state index is 13.8. The number of thiophene rings is 1. The second-order valence-corrected chi connectivity index (χ2v) is 7.08. The zero-order chi connectivity index (χ0) is 19.8. The molecule has 0 fully saturated rings. The van der Waals surface area contributed by atoms with Crippen LogP contribution in [0, 0.1) is 11.6 Å². The molecule has 9 heteroatoms. The maximum absolute atomic E-state index is 13.8. The highest BCUT2D eigenvalue weighted by molar-refractivity contribution is 7.25. The van der Waals surface area contributed by atoms with Crippen molar-refractivity contribution in [1.29, 1.82) is 0 Å². The van der Waals surface area contributed by atoms with Gasteiger partial charge in [0.05, 0.1) is 11.2 Å². The molecule has 0 spiro atoms. The number of pyridine rings is 1. The van der Waals surface area contributed by atoms with E-state index < -0.39 is 17.5 Å². The lowest BCUT2D eigenvalue weighted by molar-refractivity contribution is -0.116. The summed E-state index contributed by atoms with van der Waals surface area (Å²) >= 11 is 1.21. The number of anilines is 1. The Labute approximate surface area is 161 Å². The molecular weight excluding hydrogens is 386 g/mol. The molecule has 1 N–H and O–H groups in total. The van der Waals surface area contributed by atoms with Gasteiger partial charge in [-0.2, -0.15) is 0 Å². The van der Waals surface area contributed by atoms with Gasteiger partial charge in [-0.05, 0) is 24.3 Å². The molecule has 0 radical (unpaired) electrons. The van der Waals surface area contributed by atoms with Crippen molar-refractivity contribution in [2.24, 2.45) is 0 Å². The normalized spacial score (nSPS) is 11.2. The summed E-state index contributed by atoms with van der Waals surface area (Å²) in [6.45, 7) is 1.46. The molecule has 28 heavy (non-hydrogen) atoms. The molecule has 0 bridgehead atoms. The number of fused-ring (bicyclic) bond motifs is 3. The lowest BCUT2D eigenvalue weighted by atomic mass is 10.2. The van der Waals surface area contributed by atoms with Crippen LogP contribution in [0.3, 0.4) is 0 Å². The number of hydrogen-bond donors (Lipinski definition) is 1. The van der Waals surface area contributed by atoms with Crippen LogP contribution in [0.4, 0.5) is 14.5 Å². The Morgan fingerprint density at radius 2 is 2.11 bits per heavy atom. The minimum atomic E-state index is -0.762. The Bertz CT molecular complexity index is 1280. The number of rotatable bonds is 4. The molecule has 6 nitrogen and oxygen atoms in total. The second-order valence-electron chi connectivity index (χ2n) is 6.08. The topological polar surface area (TPSA) is 76.9 Å². The van der Waals surface area contributed by atoms with Gasteiger partial charge in [0.1, 0.15) is 33.5 Å². The number of aromatic nitrogens is 3. The fraction of sp³-hybridized carbons (Fsp3) is 0.158. The third kappa shape index (κ3) is 3.13. The van der Waals surface area contributed by atoms with Crippen LogP contribution in [0.2, 0.25) is 0 Å². The molecule has 0 saturated carbocycles. The van der Waals surface area contributed by atoms with Crippen LogP contribution in [-0.4, -0.2) is 20.4 Å². The Morgan fingerprint density at radius 1 is 1.29 bits per heavy atom. The highest BCUT2D eigenvalue weighted by Crippen LogP contribution is 2.28. The standard InChI is InChI=1S/C19H14F2N4O2S/c1-2-14-24-16-11-4-3-7-22-18(11)28-17(16)19(27)25(14)9-15(26)23-13-8-10(20)5-6-12(13)21/h3-8H,2,9H2,1H3,(H,23,26). The van der Waals surface area contributed by atoms with Crippen molar-refractivity contribution >= 4 is 43.4 Å². The molecule has 4 rings (SSSR count). The van der Waals surface area contributed by atoms with Gasteiger partial charge in [-0.25, -0.2) is 18.7 Å². The van der Waals surface area contributed by atoms with E-state index >= 15 is 0 Å². The minimum Gasteiger partial charge on any atom is -0.322 e. The molecule has 4 aromatic rings. The van der Waals surface area contributed by atoms with Gasteiger partial charge in [0.15, 0.2) is 0 Å². The molecule has 1 aromatic carbocycles. The fourth-order valence-corrected chi connectivity index (χ4v) is 4.00. The highest BCUT2D eigenvalue weighted by Gasteiger charge is 2.18. The van der Waals surface area contributed by atoms with Gasteiger partial charge >= 0.3 is 0 Å². The maximum Gasteiger partial charge on any atom is 0.272 e. The number of nitrogens with one attached hydrogen (secondary N) is 1. The third-order valence-electron chi connectivity index (χ3n) is 4.25. The molecule has 0 atom stereocenters. The average Bonchev–Trinajstić information content (AvgIpc) is 3.05. The Morgan fingerprint density at radius 3 is 2.89 bits per heavy atom. The van der Waals surface area contributed by atoms with E-state index in [9.17, 15) is 18.4 Å². The molecule has 0 aliphatic rings. The van der Waals surface area contributed by atoms with Crippen LogP contribution >= 0.6 is 11.3 Å². The van der Waals surface area contributed by atoms with E-state index in [0.717, 1.165) is 23.6 Å². The van der Waals surface area contributed by atoms with Crippen molar-refractivity contribution in [2.75, 3.05) is 5.32 Å². The van der Waals surface area contributed by atoms with Crippen molar-refractivity contribution in [2.45, 2.75) is 19.9 Å². The van der Waals surface area contributed by atoms with Crippen molar-refractivity contribution in [1.82, 2.24) is 14.5 Å². The van der Waals surface area contributed by atoms with Gasteiger partial charge in [0, 0.05) is 24.1 Å². The van der Waals surface area contributed by atoms with E-state index in [4.69, 9.17) is 0 Å². The Balaban J connectivity index is 1.74. The summed E-state index contributed by atoms with van der Waals surface area (Å²) in [5, 5.41) is 3.09. The summed E-state index contributed by atoms with van der Waals surface area (Å²) in [5.41, 5.74) is -0.0845. The van der Waals surface area contributed by atoms with E-state index in [0.29, 0.717) is 27.3 Å². The van der Waals surface area contributed by atoms with Crippen LogP contribution in [0.5, 0.6) is 0 Å². The quantitative estimate of drug-likeness (QED) is 0.569. The first kappa shape index (κ1) is 18.2. The largest absolute Gasteiger partial charge is 0.322 e. The number of aryl methyl sites for hydroxylation is 1. The van der Waals surface area contributed by atoms with E-state index in [1.165, 1.54) is 15.9 Å². The number of hydrogen-bond acceptors (Lipinski definition) is 5. The van der Waals surface area contributed by atoms with Crippen LogP contribution in [0.15, 0.2) is 41.3 Å². The van der Waals surface area contributed by atoms with Crippen molar-refractivity contribution in [3.63, 3.8) is 0 Å². The van der Waals surface area contributed by atoms with Crippen molar-refractivity contribution in [3.8, 4) is 0 Å². The molecule has 0 unspecified atom stereocenters. The summed E-state index contributed by atoms with van der Waals surface area (Å²) in [6, 6.07) is 6.38. The number of carbonyl (C=O) groups excluding carboxylic acids is 1. The molecule has 142 valence electrons. The Kier molecular flexibility index (Phi) is 4.60. The molecule has 3 heterocycles. The van der Waals surface area contributed by atoms with Crippen LogP contribution < -0.4 is 10.9 Å². The SMILES string of the molecule is CCc1nc2c(sc3ncccc32)c(=O)n1CC(=O)Nc1cc(F)ccc1F. The van der Waals surface area contributed by atoms with E-state index in [1.807, 2.05) is 13.0 Å². The average molecular weight is 400 g/mol. The van der Waals surface area contributed by atoms with Crippen molar-refractivity contribution in [3.05, 3.63) is 64.3 Å². The molecular formula is C19H14F2N4O2S. The van der Waals surface area contributed by atoms with Gasteiger partial charge in [-0.3, -0.25) is 14.2 Å². The molecule has 0 aliphatic heterocycles. The monoisotopic (exact) mass is 400 g/mol. The molecule has 0 saturated heterocycles. The highest BCUT2D eigenvalue weighted by atomic mass is 32.1. The van der Waals surface area contributed by atoms with Gasteiger partial charge in [-0.1, -0.05) is 6.92 Å². The van der Waals surface area contributed by atoms with Gasteiger partial charge in [-0.15, -0.1) is 11.3 Å². The summed E-state index contributed by atoms with van der Waals surface area (Å²) in [7, 11) is 0. The second kappa shape index (κ2) is 7.08. The summed E-state index contributed by atoms with van der Waals surface area (Å²) < 4.78 is 28.7. The predicted molar refractivity (Wildman–Crippen MR) is 104 cm³/mol. The van der Waals surface area contributed by atoms with E-state index in [2.05, 4.69) is 15.3 Å². The van der Waals surface area contributed by atoms with Gasteiger partial charge < -0.3 is 5.32 Å². The lowest BCUT2D eigenvalue weighted by Crippen LogP contribution is -2.30. The molecule has 1 amide bonds. The number of nitrogens with zero attached hydrogens (tertiary/aromatic N) is 3. The number of amides is 1. The zero-order valence-electron chi connectivity index (χ0n) is 14.7. The summed E-state index contributed by atoms with van der Waals surface area (Å²) in [4.78, 5) is 34.9. The molecule has 0 aliphatic carbocycles. The predicted octanol–water partition coefficient (Wildman–Crippen LogP) is 3.49. The van der Waals surface area contributed by atoms with Crippen LogP contribution in [0.1, 0.15) is 12.7 Å². The first-order valence-electron chi connectivity index (χ1n) is 8.49. The van der Waals surface area contributed by atoms with Gasteiger partial charge in [0.2, 0.25) is 5.91 Å². The summed E-state index contributed by atoms with van der Waals surface area (Å²) in [6.07, 6.45) is 2.06. The summed E-state index contributed by atoms with van der Waals surface area (Å²) in [5.74, 6) is -1.66. The lowest BCUT2D eigenvalue weighted by Gasteiger charge is -2.12. The smallest absolute Gasteiger partial charge is 0.272 e. The fourth-order valence-electron chi connectivity index (χ4n) is 2.96. The van der Waals surface area contributed by atoms with E-state index in [-0.39, 0.29) is 17.8 Å². The zero-order valence-corrected chi connectivity index (χ0v) is 15.5. The van der Waals surface area contributed by atoms with Gasteiger partial charge in [0.25, 0.3) is 5.56 Å². The number of carbonyl (C=O) groups is 1. The first-order chi connectivity index (χ1) is 13.5.